The van der Waals surface area contributed by atoms with Gasteiger partial charge >= 0.3 is 0 Å². The topological polar surface area (TPSA) is 60.9 Å². The van der Waals surface area contributed by atoms with Crippen LogP contribution in [0.5, 0.6) is 0 Å². The predicted octanol–water partition coefficient (Wildman–Crippen LogP) is 1.72. The van der Waals surface area contributed by atoms with E-state index in [0.29, 0.717) is 17.7 Å². The fourth-order valence-electron chi connectivity index (χ4n) is 1.52. The number of nitrogens with zero attached hydrogens (tertiary/aromatic N) is 2. The Labute approximate surface area is 93.7 Å². The summed E-state index contributed by atoms with van der Waals surface area (Å²) in [6.07, 6.45) is 1.69. The van der Waals surface area contributed by atoms with Crippen molar-refractivity contribution in [3.05, 3.63) is 47.7 Å². The number of ketones is 1. The number of carbonyl (C=O) groups excluding carboxylic acids is 1. The van der Waals surface area contributed by atoms with Crippen molar-refractivity contribution in [2.45, 2.75) is 13.5 Å². The summed E-state index contributed by atoms with van der Waals surface area (Å²) in [6, 6.07) is 9.06. The summed E-state index contributed by atoms with van der Waals surface area (Å²) in [4.78, 5) is 12.1. The molecular weight excluding hydrogens is 202 g/mol. The maximum atomic E-state index is 12.1. The molecule has 2 rings (SSSR count). The number of nitrogen functional groups attached to an aromatic ring is 1. The van der Waals surface area contributed by atoms with Crippen molar-refractivity contribution in [1.82, 2.24) is 9.78 Å². The minimum Gasteiger partial charge on any atom is -0.382 e. The zero-order valence-electron chi connectivity index (χ0n) is 9.05. The molecule has 1 heterocycles. The highest BCUT2D eigenvalue weighted by Crippen LogP contribution is 2.14. The van der Waals surface area contributed by atoms with Crippen LogP contribution in [0.1, 0.15) is 22.8 Å². The SMILES string of the molecule is CCn1cc(C(=O)c2ccccc2)c(N)n1. The number of aryl methyl sites for hydroxylation is 1. The molecule has 0 unspecified atom stereocenters. The second-order valence-electron chi connectivity index (χ2n) is 3.48. The third-order valence-corrected chi connectivity index (χ3v) is 2.39. The molecular formula is C12H13N3O. The molecule has 2 N–H and O–H groups in total. The van der Waals surface area contributed by atoms with Crippen LogP contribution >= 0.6 is 0 Å². The van der Waals surface area contributed by atoms with Crippen LogP contribution in [0, 0.1) is 0 Å². The Morgan fingerprint density at radius 2 is 2.06 bits per heavy atom. The zero-order valence-corrected chi connectivity index (χ0v) is 9.05. The van der Waals surface area contributed by atoms with E-state index in [1.165, 1.54) is 0 Å². The van der Waals surface area contributed by atoms with Gasteiger partial charge in [-0.1, -0.05) is 30.3 Å². The number of hydrogen-bond acceptors (Lipinski definition) is 3. The number of rotatable bonds is 3. The molecule has 0 atom stereocenters. The highest BCUT2D eigenvalue weighted by Gasteiger charge is 2.15. The van der Waals surface area contributed by atoms with Crippen LogP contribution in [0.4, 0.5) is 5.82 Å². The normalized spacial score (nSPS) is 10.3. The van der Waals surface area contributed by atoms with Gasteiger partial charge in [0.1, 0.15) is 0 Å². The quantitative estimate of drug-likeness (QED) is 0.793. The van der Waals surface area contributed by atoms with E-state index in [1.54, 1.807) is 23.0 Å². The van der Waals surface area contributed by atoms with Gasteiger partial charge in [0.15, 0.2) is 11.6 Å². The van der Waals surface area contributed by atoms with Crippen molar-refractivity contribution in [3.8, 4) is 0 Å². The van der Waals surface area contributed by atoms with Crippen molar-refractivity contribution in [2.75, 3.05) is 5.73 Å². The standard InChI is InChI=1S/C12H13N3O/c1-2-15-8-10(12(13)14-15)11(16)9-6-4-3-5-7-9/h3-8H,2H2,1H3,(H2,13,14). The fraction of sp³-hybridized carbons (Fsp3) is 0.167. The van der Waals surface area contributed by atoms with E-state index in [2.05, 4.69) is 5.10 Å². The van der Waals surface area contributed by atoms with Crippen LogP contribution in [-0.2, 0) is 6.54 Å². The molecule has 82 valence electrons. The molecule has 0 saturated heterocycles. The Balaban J connectivity index is 2.38. The van der Waals surface area contributed by atoms with Crippen molar-refractivity contribution >= 4 is 11.6 Å². The van der Waals surface area contributed by atoms with E-state index in [-0.39, 0.29) is 11.6 Å². The van der Waals surface area contributed by atoms with E-state index < -0.39 is 0 Å². The first kappa shape index (κ1) is 10.4. The van der Waals surface area contributed by atoms with Gasteiger partial charge in [-0.25, -0.2) is 0 Å². The van der Waals surface area contributed by atoms with Crippen molar-refractivity contribution in [1.29, 1.82) is 0 Å². The van der Waals surface area contributed by atoms with E-state index in [0.717, 1.165) is 0 Å². The van der Waals surface area contributed by atoms with E-state index in [9.17, 15) is 4.79 Å². The molecule has 0 radical (unpaired) electrons. The molecule has 0 aliphatic rings. The maximum Gasteiger partial charge on any atom is 0.198 e. The molecule has 0 aliphatic carbocycles. The van der Waals surface area contributed by atoms with Crippen molar-refractivity contribution in [3.63, 3.8) is 0 Å². The van der Waals surface area contributed by atoms with E-state index in [4.69, 9.17) is 5.73 Å². The number of hydrogen-bond donors (Lipinski definition) is 1. The van der Waals surface area contributed by atoms with Gasteiger partial charge in [-0.3, -0.25) is 9.48 Å². The fourth-order valence-corrected chi connectivity index (χ4v) is 1.52. The Morgan fingerprint density at radius 3 is 2.62 bits per heavy atom. The summed E-state index contributed by atoms with van der Waals surface area (Å²) in [5.41, 5.74) is 6.80. The number of nitrogens with two attached hydrogens (primary N) is 1. The summed E-state index contributed by atoms with van der Waals surface area (Å²) < 4.78 is 1.66. The summed E-state index contributed by atoms with van der Waals surface area (Å²) in [5, 5.41) is 4.05. The van der Waals surface area contributed by atoms with Gasteiger partial charge in [-0.05, 0) is 6.92 Å². The molecule has 0 bridgehead atoms. The van der Waals surface area contributed by atoms with Gasteiger partial charge < -0.3 is 5.73 Å². The highest BCUT2D eigenvalue weighted by atomic mass is 16.1. The molecule has 0 fully saturated rings. The summed E-state index contributed by atoms with van der Waals surface area (Å²) in [6.45, 7) is 2.65. The molecule has 1 aromatic heterocycles. The Morgan fingerprint density at radius 1 is 1.38 bits per heavy atom. The summed E-state index contributed by atoms with van der Waals surface area (Å²) >= 11 is 0. The van der Waals surface area contributed by atoms with Crippen LogP contribution in [0.15, 0.2) is 36.5 Å². The molecule has 1 aromatic carbocycles. The van der Waals surface area contributed by atoms with Crippen LogP contribution in [0.25, 0.3) is 0 Å². The average Bonchev–Trinajstić information content (AvgIpc) is 2.71. The van der Waals surface area contributed by atoms with Gasteiger partial charge in [0.25, 0.3) is 0 Å². The third-order valence-electron chi connectivity index (χ3n) is 2.39. The Bertz CT molecular complexity index is 502. The predicted molar refractivity (Wildman–Crippen MR) is 62.2 cm³/mol. The smallest absolute Gasteiger partial charge is 0.198 e. The van der Waals surface area contributed by atoms with Gasteiger partial charge in [0.05, 0.1) is 5.56 Å². The lowest BCUT2D eigenvalue weighted by atomic mass is 10.1. The Kier molecular flexibility index (Phi) is 2.72. The van der Waals surface area contributed by atoms with E-state index in [1.807, 2.05) is 25.1 Å². The number of aromatic nitrogens is 2. The first-order valence-electron chi connectivity index (χ1n) is 5.15. The second-order valence-corrected chi connectivity index (χ2v) is 3.48. The zero-order chi connectivity index (χ0) is 11.5. The van der Waals surface area contributed by atoms with Gasteiger partial charge in [-0.15, -0.1) is 0 Å². The molecule has 0 aliphatic heterocycles. The minimum atomic E-state index is -0.0854. The average molecular weight is 215 g/mol. The van der Waals surface area contributed by atoms with Crippen LogP contribution < -0.4 is 5.73 Å². The minimum absolute atomic E-state index is 0.0854. The lowest BCUT2D eigenvalue weighted by molar-refractivity contribution is 0.103. The molecule has 0 saturated carbocycles. The molecule has 2 aromatic rings. The largest absolute Gasteiger partial charge is 0.382 e. The molecule has 16 heavy (non-hydrogen) atoms. The monoisotopic (exact) mass is 215 g/mol. The highest BCUT2D eigenvalue weighted by molar-refractivity contribution is 6.11. The lowest BCUT2D eigenvalue weighted by Gasteiger charge is -1.97. The maximum absolute atomic E-state index is 12.1. The van der Waals surface area contributed by atoms with Crippen molar-refractivity contribution in [2.24, 2.45) is 0 Å². The molecule has 4 heteroatoms. The van der Waals surface area contributed by atoms with Gasteiger partial charge in [-0.2, -0.15) is 5.10 Å². The summed E-state index contributed by atoms with van der Waals surface area (Å²) in [5.74, 6) is 0.202. The number of anilines is 1. The Hall–Kier alpha value is -2.10. The first-order chi connectivity index (χ1) is 7.72. The lowest BCUT2D eigenvalue weighted by Crippen LogP contribution is -2.02. The van der Waals surface area contributed by atoms with Crippen LogP contribution in [-0.4, -0.2) is 15.6 Å². The van der Waals surface area contributed by atoms with Crippen molar-refractivity contribution < 1.29 is 4.79 Å². The summed E-state index contributed by atoms with van der Waals surface area (Å²) in [7, 11) is 0. The second kappa shape index (κ2) is 4.18. The third kappa shape index (κ3) is 1.82. The molecule has 4 nitrogen and oxygen atoms in total. The van der Waals surface area contributed by atoms with E-state index >= 15 is 0 Å². The first-order valence-corrected chi connectivity index (χ1v) is 5.15. The van der Waals surface area contributed by atoms with Gasteiger partial charge in [0, 0.05) is 18.3 Å². The van der Waals surface area contributed by atoms with Crippen LogP contribution in [0.2, 0.25) is 0 Å². The van der Waals surface area contributed by atoms with Gasteiger partial charge in [0.2, 0.25) is 0 Å². The van der Waals surface area contributed by atoms with Crippen LogP contribution in [0.3, 0.4) is 0 Å². The molecule has 0 amide bonds. The number of benzene rings is 1. The molecule has 0 spiro atoms. The number of carbonyl (C=O) groups is 1.